The Labute approximate surface area is 173 Å². The Kier molecular flexibility index (Phi) is 5.69. The number of ether oxygens (including phenoxy) is 1. The lowest BCUT2D eigenvalue weighted by atomic mass is 10.2. The largest absolute Gasteiger partial charge is 0.486 e. The van der Waals surface area contributed by atoms with Crippen LogP contribution in [0.4, 0.5) is 0 Å². The topological polar surface area (TPSA) is 99.8 Å². The van der Waals surface area contributed by atoms with E-state index in [1.54, 1.807) is 35.3 Å². The number of rotatable bonds is 8. The van der Waals surface area contributed by atoms with Crippen LogP contribution in [0.3, 0.4) is 0 Å². The second-order valence-corrected chi connectivity index (χ2v) is 7.13. The summed E-state index contributed by atoms with van der Waals surface area (Å²) in [5, 5.41) is 14.6. The van der Waals surface area contributed by atoms with Gasteiger partial charge in [0.2, 0.25) is 0 Å². The van der Waals surface area contributed by atoms with Crippen molar-refractivity contribution in [1.29, 1.82) is 0 Å². The highest BCUT2D eigenvalue weighted by atomic mass is 16.5. The molecule has 2 aromatic carbocycles. The van der Waals surface area contributed by atoms with Crippen LogP contribution in [-0.4, -0.2) is 42.2 Å². The van der Waals surface area contributed by atoms with Gasteiger partial charge in [-0.1, -0.05) is 18.2 Å². The molecule has 9 heteroatoms. The number of para-hydroxylation sites is 2. The van der Waals surface area contributed by atoms with Gasteiger partial charge in [-0.15, -0.1) is 5.10 Å². The first-order chi connectivity index (χ1) is 14.6. The van der Waals surface area contributed by atoms with Gasteiger partial charge < -0.3 is 14.6 Å². The summed E-state index contributed by atoms with van der Waals surface area (Å²) in [6.45, 7) is 5.35. The monoisotopic (exact) mass is 405 g/mol. The van der Waals surface area contributed by atoms with Crippen molar-refractivity contribution in [3.05, 3.63) is 66.2 Å². The first-order valence-electron chi connectivity index (χ1n) is 9.79. The summed E-state index contributed by atoms with van der Waals surface area (Å²) in [4.78, 5) is 16.9. The van der Waals surface area contributed by atoms with Crippen LogP contribution in [0.1, 0.15) is 36.1 Å². The van der Waals surface area contributed by atoms with E-state index in [4.69, 9.17) is 4.74 Å². The zero-order valence-electron chi connectivity index (χ0n) is 16.9. The minimum atomic E-state index is -0.156. The maximum Gasteiger partial charge on any atom is 0.251 e. The maximum absolute atomic E-state index is 12.5. The van der Waals surface area contributed by atoms with Gasteiger partial charge in [0, 0.05) is 18.7 Å². The van der Waals surface area contributed by atoms with E-state index in [1.807, 2.05) is 42.7 Å². The van der Waals surface area contributed by atoms with Crippen LogP contribution < -0.4 is 10.1 Å². The van der Waals surface area contributed by atoms with Crippen LogP contribution >= 0.6 is 0 Å². The minimum absolute atomic E-state index is 0.142. The standard InChI is InChI=1S/C21H23N7O2/c1-15(2)28-20(24-25-26-28)13-30-17-7-5-6-16(12-17)21(29)22-10-11-27-14-23-18-8-3-4-9-19(18)27/h3-9,12,14-15H,10-11,13H2,1-2H3,(H,22,29). The molecule has 0 saturated carbocycles. The Morgan fingerprint density at radius 2 is 2.03 bits per heavy atom. The smallest absolute Gasteiger partial charge is 0.251 e. The third-order valence-corrected chi connectivity index (χ3v) is 4.68. The first-order valence-corrected chi connectivity index (χ1v) is 9.79. The molecule has 0 atom stereocenters. The Morgan fingerprint density at radius 1 is 1.17 bits per heavy atom. The molecule has 1 N–H and O–H groups in total. The van der Waals surface area contributed by atoms with Gasteiger partial charge in [0.25, 0.3) is 5.91 Å². The van der Waals surface area contributed by atoms with Crippen molar-refractivity contribution in [3.8, 4) is 5.75 Å². The molecular formula is C21H23N7O2. The van der Waals surface area contributed by atoms with E-state index >= 15 is 0 Å². The van der Waals surface area contributed by atoms with Crippen LogP contribution in [-0.2, 0) is 13.2 Å². The molecule has 4 aromatic rings. The van der Waals surface area contributed by atoms with E-state index in [-0.39, 0.29) is 18.6 Å². The molecule has 0 unspecified atom stereocenters. The lowest BCUT2D eigenvalue weighted by Gasteiger charge is -2.10. The quantitative estimate of drug-likeness (QED) is 0.484. The molecule has 0 spiro atoms. The third-order valence-electron chi connectivity index (χ3n) is 4.68. The average Bonchev–Trinajstić information content (AvgIpc) is 3.40. The predicted molar refractivity (Wildman–Crippen MR) is 111 cm³/mol. The van der Waals surface area contributed by atoms with Crippen LogP contribution in [0.15, 0.2) is 54.9 Å². The Bertz CT molecular complexity index is 1150. The Morgan fingerprint density at radius 3 is 2.90 bits per heavy atom. The molecule has 0 bridgehead atoms. The molecule has 0 saturated heterocycles. The molecule has 0 aliphatic rings. The van der Waals surface area contributed by atoms with Gasteiger partial charge in [0.1, 0.15) is 12.4 Å². The summed E-state index contributed by atoms with van der Waals surface area (Å²) in [5.41, 5.74) is 2.52. The van der Waals surface area contributed by atoms with Gasteiger partial charge in [-0.2, -0.15) is 0 Å². The highest BCUT2D eigenvalue weighted by Gasteiger charge is 2.11. The fourth-order valence-electron chi connectivity index (χ4n) is 3.16. The highest BCUT2D eigenvalue weighted by molar-refractivity contribution is 5.94. The molecule has 4 rings (SSSR count). The van der Waals surface area contributed by atoms with Crippen molar-refractivity contribution in [2.75, 3.05) is 6.54 Å². The summed E-state index contributed by atoms with van der Waals surface area (Å²) in [6, 6.07) is 15.1. The number of fused-ring (bicyclic) bond motifs is 1. The molecule has 2 heterocycles. The Balaban J connectivity index is 1.33. The number of hydrogen-bond donors (Lipinski definition) is 1. The van der Waals surface area contributed by atoms with Crippen molar-refractivity contribution in [3.63, 3.8) is 0 Å². The fourth-order valence-corrected chi connectivity index (χ4v) is 3.16. The van der Waals surface area contributed by atoms with Gasteiger partial charge >= 0.3 is 0 Å². The van der Waals surface area contributed by atoms with Crippen LogP contribution in [0.2, 0.25) is 0 Å². The molecule has 154 valence electrons. The van der Waals surface area contributed by atoms with E-state index in [0.29, 0.717) is 30.2 Å². The number of carbonyl (C=O) groups is 1. The fraction of sp³-hybridized carbons (Fsp3) is 0.286. The van der Waals surface area contributed by atoms with Crippen LogP contribution in [0.25, 0.3) is 11.0 Å². The summed E-state index contributed by atoms with van der Waals surface area (Å²) in [5.74, 6) is 1.06. The first kappa shape index (κ1) is 19.6. The van der Waals surface area contributed by atoms with Crippen molar-refractivity contribution in [2.45, 2.75) is 33.0 Å². The molecular weight excluding hydrogens is 382 g/mol. The summed E-state index contributed by atoms with van der Waals surface area (Å²) in [7, 11) is 0. The van der Waals surface area contributed by atoms with Crippen LogP contribution in [0, 0.1) is 0 Å². The zero-order valence-corrected chi connectivity index (χ0v) is 16.9. The van der Waals surface area contributed by atoms with Crippen molar-refractivity contribution < 1.29 is 9.53 Å². The lowest BCUT2D eigenvalue weighted by Crippen LogP contribution is -2.27. The zero-order chi connectivity index (χ0) is 20.9. The van der Waals surface area contributed by atoms with Gasteiger partial charge in [-0.3, -0.25) is 4.79 Å². The molecule has 0 radical (unpaired) electrons. The third kappa shape index (κ3) is 4.29. The number of tetrazole rings is 1. The number of aromatic nitrogens is 6. The van der Waals surface area contributed by atoms with Crippen molar-refractivity contribution in [2.24, 2.45) is 0 Å². The van der Waals surface area contributed by atoms with Gasteiger partial charge in [-0.05, 0) is 54.6 Å². The van der Waals surface area contributed by atoms with Gasteiger partial charge in [0.05, 0.1) is 23.4 Å². The van der Waals surface area contributed by atoms with E-state index in [0.717, 1.165) is 11.0 Å². The van der Waals surface area contributed by atoms with E-state index in [9.17, 15) is 4.79 Å². The maximum atomic E-state index is 12.5. The number of imidazole rings is 1. The van der Waals surface area contributed by atoms with E-state index < -0.39 is 0 Å². The number of benzene rings is 2. The van der Waals surface area contributed by atoms with E-state index in [2.05, 4.69) is 25.8 Å². The molecule has 9 nitrogen and oxygen atoms in total. The molecule has 0 fully saturated rings. The molecule has 0 aliphatic carbocycles. The lowest BCUT2D eigenvalue weighted by molar-refractivity contribution is 0.0952. The number of hydrogen-bond acceptors (Lipinski definition) is 6. The second kappa shape index (κ2) is 8.73. The van der Waals surface area contributed by atoms with Crippen molar-refractivity contribution >= 4 is 16.9 Å². The normalized spacial score (nSPS) is 11.2. The van der Waals surface area contributed by atoms with Gasteiger partial charge in [-0.25, -0.2) is 9.67 Å². The molecule has 1 amide bonds. The number of amides is 1. The predicted octanol–water partition coefficient (Wildman–Crippen LogP) is 2.61. The number of carbonyl (C=O) groups excluding carboxylic acids is 1. The number of nitrogens with zero attached hydrogens (tertiary/aromatic N) is 6. The average molecular weight is 405 g/mol. The van der Waals surface area contributed by atoms with E-state index in [1.165, 1.54) is 0 Å². The van der Waals surface area contributed by atoms with Crippen LogP contribution in [0.5, 0.6) is 5.75 Å². The summed E-state index contributed by atoms with van der Waals surface area (Å²) >= 11 is 0. The number of nitrogens with one attached hydrogen (secondary N) is 1. The molecule has 30 heavy (non-hydrogen) atoms. The highest BCUT2D eigenvalue weighted by Crippen LogP contribution is 2.16. The SMILES string of the molecule is CC(C)n1nnnc1COc1cccc(C(=O)NCCn2cnc3ccccc32)c1. The summed E-state index contributed by atoms with van der Waals surface area (Å²) in [6.07, 6.45) is 1.79. The minimum Gasteiger partial charge on any atom is -0.486 e. The molecule has 0 aliphatic heterocycles. The Hall–Kier alpha value is -3.75. The van der Waals surface area contributed by atoms with Gasteiger partial charge in [0.15, 0.2) is 5.82 Å². The second-order valence-electron chi connectivity index (χ2n) is 7.13. The molecule has 2 aromatic heterocycles. The summed E-state index contributed by atoms with van der Waals surface area (Å²) < 4.78 is 9.51. The van der Waals surface area contributed by atoms with Crippen molar-refractivity contribution in [1.82, 2.24) is 35.1 Å².